The van der Waals surface area contributed by atoms with Gasteiger partial charge in [-0.05, 0) is 18.6 Å². The molecule has 1 unspecified atom stereocenters. The highest BCUT2D eigenvalue weighted by atomic mass is 19.1. The number of hydrogen-bond donors (Lipinski definition) is 2. The van der Waals surface area contributed by atoms with Crippen LogP contribution in [0.1, 0.15) is 39.9 Å². The van der Waals surface area contributed by atoms with Gasteiger partial charge in [-0.25, -0.2) is 4.39 Å². The number of nitrogens with one attached hydrogen (secondary N) is 2. The number of carbonyl (C=O) groups is 2. The summed E-state index contributed by atoms with van der Waals surface area (Å²) >= 11 is 0. The third-order valence-electron chi connectivity index (χ3n) is 5.49. The third kappa shape index (κ3) is 4.27. The monoisotopic (exact) mass is 407 g/mol. The van der Waals surface area contributed by atoms with Crippen molar-refractivity contribution in [2.45, 2.75) is 32.0 Å². The van der Waals surface area contributed by atoms with Crippen molar-refractivity contribution >= 4 is 23.6 Å². The SMILES string of the molecule is C=CC(CCC(=O)NC)N1Cc2c(NCc3cccc(C=O)c3F)cccc2C1=C. The van der Waals surface area contributed by atoms with Gasteiger partial charge >= 0.3 is 0 Å². The fraction of sp³-hybridized carbons (Fsp3) is 0.250. The molecule has 0 fully saturated rings. The predicted octanol–water partition coefficient (Wildman–Crippen LogP) is 4.12. The number of fused-ring (bicyclic) bond motifs is 1. The second-order valence-corrected chi connectivity index (χ2v) is 7.21. The molecule has 3 rings (SSSR count). The normalized spacial score (nSPS) is 13.5. The van der Waals surface area contributed by atoms with Crippen LogP contribution in [0, 0.1) is 5.82 Å². The van der Waals surface area contributed by atoms with Crippen LogP contribution in [0.3, 0.4) is 0 Å². The lowest BCUT2D eigenvalue weighted by Crippen LogP contribution is -2.30. The Kier molecular flexibility index (Phi) is 6.67. The van der Waals surface area contributed by atoms with E-state index in [0.29, 0.717) is 31.2 Å². The number of rotatable bonds is 9. The van der Waals surface area contributed by atoms with Gasteiger partial charge in [-0.1, -0.05) is 36.9 Å². The number of amides is 1. The zero-order valence-electron chi connectivity index (χ0n) is 17.1. The molecule has 5 nitrogen and oxygen atoms in total. The maximum atomic E-state index is 14.4. The first-order valence-electron chi connectivity index (χ1n) is 9.87. The Morgan fingerprint density at radius 2 is 2.07 bits per heavy atom. The fourth-order valence-electron chi connectivity index (χ4n) is 3.75. The van der Waals surface area contributed by atoms with Gasteiger partial charge in [0.1, 0.15) is 5.82 Å². The van der Waals surface area contributed by atoms with Crippen molar-refractivity contribution in [2.24, 2.45) is 0 Å². The van der Waals surface area contributed by atoms with Crippen molar-refractivity contribution in [2.75, 3.05) is 12.4 Å². The van der Waals surface area contributed by atoms with Crippen molar-refractivity contribution in [1.82, 2.24) is 10.2 Å². The molecule has 0 aromatic heterocycles. The lowest BCUT2D eigenvalue weighted by atomic mass is 10.1. The molecule has 0 saturated carbocycles. The van der Waals surface area contributed by atoms with Crippen LogP contribution in [0.2, 0.25) is 0 Å². The summed E-state index contributed by atoms with van der Waals surface area (Å²) in [5, 5.41) is 5.94. The summed E-state index contributed by atoms with van der Waals surface area (Å²) in [5.41, 5.74) is 4.35. The smallest absolute Gasteiger partial charge is 0.219 e. The van der Waals surface area contributed by atoms with Crippen LogP contribution in [0.15, 0.2) is 55.6 Å². The number of carbonyl (C=O) groups excluding carboxylic acids is 2. The summed E-state index contributed by atoms with van der Waals surface area (Å²) in [6.07, 6.45) is 3.41. The largest absolute Gasteiger partial charge is 0.381 e. The van der Waals surface area contributed by atoms with Gasteiger partial charge in [-0.3, -0.25) is 9.59 Å². The van der Waals surface area contributed by atoms with Gasteiger partial charge in [0.2, 0.25) is 5.91 Å². The number of benzene rings is 2. The lowest BCUT2D eigenvalue weighted by molar-refractivity contribution is -0.120. The number of nitrogens with zero attached hydrogens (tertiary/aromatic N) is 1. The highest BCUT2D eigenvalue weighted by Crippen LogP contribution is 2.38. The van der Waals surface area contributed by atoms with Crippen LogP contribution in [0.5, 0.6) is 0 Å². The van der Waals surface area contributed by atoms with E-state index in [1.54, 1.807) is 19.2 Å². The Labute approximate surface area is 176 Å². The van der Waals surface area contributed by atoms with Crippen molar-refractivity contribution in [3.8, 4) is 0 Å². The summed E-state index contributed by atoms with van der Waals surface area (Å²) in [5.74, 6) is -0.509. The molecule has 2 aromatic carbocycles. The van der Waals surface area contributed by atoms with Crippen molar-refractivity contribution in [1.29, 1.82) is 0 Å². The van der Waals surface area contributed by atoms with E-state index >= 15 is 0 Å². The average Bonchev–Trinajstić information content (AvgIpc) is 3.10. The maximum absolute atomic E-state index is 14.4. The second-order valence-electron chi connectivity index (χ2n) is 7.21. The van der Waals surface area contributed by atoms with Crippen LogP contribution < -0.4 is 10.6 Å². The molecule has 0 radical (unpaired) electrons. The summed E-state index contributed by atoms with van der Waals surface area (Å²) in [6.45, 7) is 9.06. The molecular formula is C24H26FN3O2. The van der Waals surface area contributed by atoms with E-state index in [1.807, 2.05) is 24.3 Å². The Balaban J connectivity index is 1.77. The van der Waals surface area contributed by atoms with Gasteiger partial charge in [-0.2, -0.15) is 0 Å². The van der Waals surface area contributed by atoms with Crippen molar-refractivity contribution in [3.63, 3.8) is 0 Å². The minimum absolute atomic E-state index is 0.00823. The first-order chi connectivity index (χ1) is 14.5. The van der Waals surface area contributed by atoms with E-state index in [2.05, 4.69) is 28.7 Å². The van der Waals surface area contributed by atoms with Gasteiger partial charge in [-0.15, -0.1) is 6.58 Å². The van der Waals surface area contributed by atoms with Crippen molar-refractivity contribution in [3.05, 3.63) is 83.7 Å². The molecule has 2 N–H and O–H groups in total. The molecule has 1 aliphatic rings. The van der Waals surface area contributed by atoms with E-state index < -0.39 is 5.82 Å². The van der Waals surface area contributed by atoms with Crippen LogP contribution in [-0.2, 0) is 17.9 Å². The minimum atomic E-state index is -0.500. The number of hydrogen-bond acceptors (Lipinski definition) is 4. The van der Waals surface area contributed by atoms with E-state index in [9.17, 15) is 14.0 Å². The summed E-state index contributed by atoms with van der Waals surface area (Å²) in [7, 11) is 1.63. The summed E-state index contributed by atoms with van der Waals surface area (Å²) in [6, 6.07) is 10.7. The second kappa shape index (κ2) is 9.39. The molecule has 1 aliphatic heterocycles. The molecule has 0 saturated heterocycles. The van der Waals surface area contributed by atoms with Crippen LogP contribution >= 0.6 is 0 Å². The molecule has 156 valence electrons. The lowest BCUT2D eigenvalue weighted by Gasteiger charge is -2.28. The molecule has 30 heavy (non-hydrogen) atoms. The summed E-state index contributed by atoms with van der Waals surface area (Å²) < 4.78 is 14.4. The molecule has 2 aromatic rings. The van der Waals surface area contributed by atoms with Gasteiger partial charge in [0, 0.05) is 60.7 Å². The van der Waals surface area contributed by atoms with Gasteiger partial charge in [0.25, 0.3) is 0 Å². The van der Waals surface area contributed by atoms with E-state index in [1.165, 1.54) is 6.07 Å². The van der Waals surface area contributed by atoms with E-state index in [-0.39, 0.29) is 24.1 Å². The molecule has 0 spiro atoms. The Morgan fingerprint density at radius 1 is 1.30 bits per heavy atom. The molecular weight excluding hydrogens is 381 g/mol. The number of halogens is 1. The van der Waals surface area contributed by atoms with Gasteiger partial charge in [0.05, 0.1) is 5.56 Å². The Hall–Kier alpha value is -3.41. The number of aldehydes is 1. The average molecular weight is 407 g/mol. The quantitative estimate of drug-likeness (QED) is 0.485. The summed E-state index contributed by atoms with van der Waals surface area (Å²) in [4.78, 5) is 24.8. The zero-order chi connectivity index (χ0) is 21.7. The Morgan fingerprint density at radius 3 is 2.77 bits per heavy atom. The van der Waals surface area contributed by atoms with Crippen LogP contribution in [-0.4, -0.2) is 30.2 Å². The standard InChI is InChI=1S/C24H26FN3O2/c1-4-19(11-12-23(30)26-3)28-14-21-20(16(28)2)9-6-10-22(21)27-13-17-7-5-8-18(15-29)24(17)25/h4-10,15,19,27H,1-2,11-14H2,3H3,(H,26,30). The van der Waals surface area contributed by atoms with Crippen LogP contribution in [0.4, 0.5) is 10.1 Å². The minimum Gasteiger partial charge on any atom is -0.381 e. The molecule has 1 amide bonds. The zero-order valence-corrected chi connectivity index (χ0v) is 17.1. The molecule has 0 bridgehead atoms. The molecule has 0 aliphatic carbocycles. The van der Waals surface area contributed by atoms with E-state index in [0.717, 1.165) is 22.5 Å². The van der Waals surface area contributed by atoms with E-state index in [4.69, 9.17) is 0 Å². The topological polar surface area (TPSA) is 61.4 Å². The van der Waals surface area contributed by atoms with Gasteiger partial charge in [0.15, 0.2) is 6.29 Å². The highest BCUT2D eigenvalue weighted by Gasteiger charge is 2.29. The molecule has 1 heterocycles. The molecule has 6 heteroatoms. The third-order valence-corrected chi connectivity index (χ3v) is 5.49. The van der Waals surface area contributed by atoms with Crippen LogP contribution in [0.25, 0.3) is 5.70 Å². The predicted molar refractivity (Wildman–Crippen MR) is 117 cm³/mol. The highest BCUT2D eigenvalue weighted by molar-refractivity contribution is 5.77. The fourth-order valence-corrected chi connectivity index (χ4v) is 3.75. The maximum Gasteiger partial charge on any atom is 0.219 e. The van der Waals surface area contributed by atoms with Gasteiger partial charge < -0.3 is 15.5 Å². The first kappa shape index (κ1) is 21.3. The van der Waals surface area contributed by atoms with Crippen molar-refractivity contribution < 1.29 is 14.0 Å². The molecule has 1 atom stereocenters. The Bertz CT molecular complexity index is 986. The number of anilines is 1. The first-order valence-corrected chi connectivity index (χ1v) is 9.87.